The molecule has 0 radical (unpaired) electrons. The van der Waals surface area contributed by atoms with E-state index in [0.717, 1.165) is 58.4 Å². The van der Waals surface area contributed by atoms with Gasteiger partial charge >= 0.3 is 5.76 Å². The Kier molecular flexibility index (Phi) is 5.74. The van der Waals surface area contributed by atoms with Crippen LogP contribution in [0.3, 0.4) is 0 Å². The van der Waals surface area contributed by atoms with Crippen molar-refractivity contribution in [3.8, 4) is 0 Å². The quantitative estimate of drug-likeness (QED) is 0.431. The van der Waals surface area contributed by atoms with Crippen molar-refractivity contribution in [2.45, 2.75) is 36.7 Å². The Bertz CT molecular complexity index is 1510. The topological polar surface area (TPSA) is 112 Å². The lowest BCUT2D eigenvalue weighted by Crippen LogP contribution is -2.35. The third-order valence-electron chi connectivity index (χ3n) is 6.21. The second-order valence-electron chi connectivity index (χ2n) is 8.44. The van der Waals surface area contributed by atoms with Crippen molar-refractivity contribution in [2.75, 3.05) is 18.4 Å². The number of nitrogens with zero attached hydrogens (tertiary/aromatic N) is 4. The van der Waals surface area contributed by atoms with Crippen LogP contribution in [0.2, 0.25) is 0 Å². The highest BCUT2D eigenvalue weighted by atomic mass is 32.2. The summed E-state index contributed by atoms with van der Waals surface area (Å²) in [7, 11) is -0.339. The van der Waals surface area contributed by atoms with Crippen molar-refractivity contribution in [2.24, 2.45) is 0 Å². The van der Waals surface area contributed by atoms with Crippen molar-refractivity contribution < 1.29 is 17.2 Å². The number of aromatic amines is 1. The Hall–Kier alpha value is -3.09. The van der Waals surface area contributed by atoms with Crippen molar-refractivity contribution >= 4 is 37.8 Å². The normalized spacial score (nSPS) is 16.2. The molecular weight excluding hydrogens is 481 g/mol. The van der Waals surface area contributed by atoms with Crippen LogP contribution in [0.25, 0.3) is 11.1 Å². The van der Waals surface area contributed by atoms with Crippen LogP contribution >= 0.6 is 11.5 Å². The molecule has 1 aliphatic carbocycles. The van der Waals surface area contributed by atoms with Gasteiger partial charge in [-0.25, -0.2) is 26.9 Å². The number of rotatable bonds is 6. The van der Waals surface area contributed by atoms with Gasteiger partial charge in [0.15, 0.2) is 5.58 Å². The average Bonchev–Trinajstić information content (AvgIpc) is 3.45. The molecule has 178 valence electrons. The summed E-state index contributed by atoms with van der Waals surface area (Å²) in [5.41, 5.74) is 3.15. The van der Waals surface area contributed by atoms with Gasteiger partial charge in [0.25, 0.3) is 10.0 Å². The SMILES string of the molecule is CN(C)C1CCc2cccc(CN(c3ncns3)S(=O)(=O)c3cc4oc(=O)[nH]c4cc3F)c2C1. The highest BCUT2D eigenvalue weighted by Gasteiger charge is 2.33. The molecule has 12 heteroatoms. The standard InChI is InChI=1S/C22H22FN5O4S2/c1-27(2)15-7-6-13-4-3-5-14(16(13)8-15)11-28(21-24-12-25-33-21)34(30,31)20-10-19-18(9-17(20)23)26-22(29)32-19/h3-5,9-10,12,15H,6-8,11H2,1-2H3,(H,26,29). The minimum absolute atomic E-state index is 0.0323. The molecule has 0 fully saturated rings. The molecule has 4 aromatic rings. The number of benzene rings is 2. The van der Waals surface area contributed by atoms with E-state index in [0.29, 0.717) is 6.04 Å². The third-order valence-corrected chi connectivity index (χ3v) is 8.76. The highest BCUT2D eigenvalue weighted by Crippen LogP contribution is 2.33. The Labute approximate surface area is 199 Å². The van der Waals surface area contributed by atoms with E-state index in [9.17, 15) is 17.6 Å². The molecule has 0 bridgehead atoms. The van der Waals surface area contributed by atoms with Crippen LogP contribution in [0, 0.1) is 5.82 Å². The van der Waals surface area contributed by atoms with Crippen molar-refractivity contribution in [1.29, 1.82) is 0 Å². The van der Waals surface area contributed by atoms with Gasteiger partial charge < -0.3 is 9.32 Å². The maximum atomic E-state index is 15.0. The minimum atomic E-state index is -4.41. The Balaban J connectivity index is 1.60. The second kappa shape index (κ2) is 8.60. The molecule has 1 aliphatic rings. The zero-order chi connectivity index (χ0) is 24.0. The fourth-order valence-corrected chi connectivity index (χ4v) is 6.58. The number of anilines is 1. The summed E-state index contributed by atoms with van der Waals surface area (Å²) in [6, 6.07) is 8.18. The Morgan fingerprint density at radius 2 is 2.12 bits per heavy atom. The lowest BCUT2D eigenvalue weighted by molar-refractivity contribution is 0.267. The summed E-state index contributed by atoms with van der Waals surface area (Å²) in [5.74, 6) is -1.79. The van der Waals surface area contributed by atoms with Gasteiger partial charge in [-0.15, -0.1) is 0 Å². The zero-order valence-electron chi connectivity index (χ0n) is 18.5. The van der Waals surface area contributed by atoms with Crippen LogP contribution in [0.15, 0.2) is 50.8 Å². The molecule has 1 unspecified atom stereocenters. The van der Waals surface area contributed by atoms with Gasteiger partial charge in [0, 0.05) is 29.7 Å². The smallest absolute Gasteiger partial charge is 0.408 e. The number of fused-ring (bicyclic) bond motifs is 2. The summed E-state index contributed by atoms with van der Waals surface area (Å²) in [6.07, 6.45) is 3.97. The zero-order valence-corrected chi connectivity index (χ0v) is 20.1. The number of hydrogen-bond acceptors (Lipinski definition) is 8. The summed E-state index contributed by atoms with van der Waals surface area (Å²) < 4.78 is 52.4. The first-order chi connectivity index (χ1) is 16.2. The highest BCUT2D eigenvalue weighted by molar-refractivity contribution is 7.93. The largest absolute Gasteiger partial charge is 0.417 e. The predicted octanol–water partition coefficient (Wildman–Crippen LogP) is 2.93. The van der Waals surface area contributed by atoms with Gasteiger partial charge in [-0.05, 0) is 50.0 Å². The molecule has 34 heavy (non-hydrogen) atoms. The fraction of sp³-hybridized carbons (Fsp3) is 0.318. The van der Waals surface area contributed by atoms with Crippen LogP contribution in [-0.2, 0) is 29.4 Å². The monoisotopic (exact) mass is 503 g/mol. The predicted molar refractivity (Wildman–Crippen MR) is 126 cm³/mol. The van der Waals surface area contributed by atoms with Crippen LogP contribution in [0.5, 0.6) is 0 Å². The average molecular weight is 504 g/mol. The van der Waals surface area contributed by atoms with Gasteiger partial charge in [-0.2, -0.15) is 4.37 Å². The lowest BCUT2D eigenvalue weighted by Gasteiger charge is -2.32. The lowest BCUT2D eigenvalue weighted by atomic mass is 9.85. The van der Waals surface area contributed by atoms with E-state index in [1.807, 2.05) is 26.2 Å². The molecule has 2 aromatic carbocycles. The molecule has 2 aromatic heterocycles. The van der Waals surface area contributed by atoms with Crippen molar-refractivity contribution in [3.63, 3.8) is 0 Å². The maximum absolute atomic E-state index is 15.0. The van der Waals surface area contributed by atoms with Gasteiger partial charge in [0.1, 0.15) is 17.0 Å². The summed E-state index contributed by atoms with van der Waals surface area (Å²) >= 11 is 0.904. The van der Waals surface area contributed by atoms with E-state index in [1.54, 1.807) is 0 Å². The van der Waals surface area contributed by atoms with E-state index in [-0.39, 0.29) is 22.8 Å². The number of likely N-dealkylation sites (N-methyl/N-ethyl adjacent to an activating group) is 1. The van der Waals surface area contributed by atoms with Crippen molar-refractivity contribution in [1.82, 2.24) is 19.2 Å². The molecule has 9 nitrogen and oxygen atoms in total. The fourth-order valence-electron chi connectivity index (χ4n) is 4.39. The van der Waals surface area contributed by atoms with E-state index >= 15 is 0 Å². The number of oxazole rings is 1. The summed E-state index contributed by atoms with van der Waals surface area (Å²) in [6.45, 7) is -0.0323. The molecular formula is C22H22FN5O4S2. The second-order valence-corrected chi connectivity index (χ2v) is 11.0. The number of sulfonamides is 1. The number of nitrogens with one attached hydrogen (secondary N) is 1. The van der Waals surface area contributed by atoms with E-state index in [4.69, 9.17) is 4.42 Å². The molecule has 5 rings (SSSR count). The third kappa shape index (κ3) is 4.01. The Morgan fingerprint density at radius 3 is 2.85 bits per heavy atom. The van der Waals surface area contributed by atoms with E-state index in [1.165, 1.54) is 11.9 Å². The van der Waals surface area contributed by atoms with E-state index in [2.05, 4.69) is 25.3 Å². The number of hydrogen-bond donors (Lipinski definition) is 1. The van der Waals surface area contributed by atoms with Crippen LogP contribution in [-0.4, -0.2) is 47.8 Å². The summed E-state index contributed by atoms with van der Waals surface area (Å²) in [4.78, 5) is 19.5. The molecule has 0 aliphatic heterocycles. The van der Waals surface area contributed by atoms with Crippen LogP contribution in [0.4, 0.5) is 9.52 Å². The molecule has 0 amide bonds. The van der Waals surface area contributed by atoms with Gasteiger partial charge in [-0.1, -0.05) is 18.2 Å². The van der Waals surface area contributed by atoms with Gasteiger partial charge in [-0.3, -0.25) is 4.98 Å². The summed E-state index contributed by atoms with van der Waals surface area (Å²) in [5, 5.41) is 0.118. The van der Waals surface area contributed by atoms with E-state index < -0.39 is 26.5 Å². The van der Waals surface area contributed by atoms with Crippen LogP contribution in [0.1, 0.15) is 23.1 Å². The number of halogens is 1. The number of H-pyrrole nitrogens is 1. The number of aromatic nitrogens is 3. The molecule has 1 atom stereocenters. The first-order valence-electron chi connectivity index (χ1n) is 10.6. The maximum Gasteiger partial charge on any atom is 0.417 e. The Morgan fingerprint density at radius 1 is 1.29 bits per heavy atom. The molecule has 0 saturated heterocycles. The molecule has 0 spiro atoms. The van der Waals surface area contributed by atoms with Crippen molar-refractivity contribution in [3.05, 3.63) is 69.7 Å². The minimum Gasteiger partial charge on any atom is -0.408 e. The first kappa shape index (κ1) is 22.7. The van der Waals surface area contributed by atoms with Crippen LogP contribution < -0.4 is 10.1 Å². The first-order valence-corrected chi connectivity index (χ1v) is 12.8. The number of aryl methyl sites for hydroxylation is 1. The van der Waals surface area contributed by atoms with Gasteiger partial charge in [0.2, 0.25) is 5.13 Å². The molecule has 0 saturated carbocycles. The van der Waals surface area contributed by atoms with Gasteiger partial charge in [0.05, 0.1) is 12.1 Å². The molecule has 1 N–H and O–H groups in total. The molecule has 2 heterocycles.